The fourth-order valence-electron chi connectivity index (χ4n) is 1.11. The second-order valence-electron chi connectivity index (χ2n) is 2.69. The molecule has 0 aliphatic heterocycles. The van der Waals surface area contributed by atoms with E-state index in [1.54, 1.807) is 24.6 Å². The average molecular weight is 206 g/mol. The van der Waals surface area contributed by atoms with Gasteiger partial charge >= 0.3 is 0 Å². The van der Waals surface area contributed by atoms with Gasteiger partial charge in [0.1, 0.15) is 5.75 Å². The molecule has 3 nitrogen and oxygen atoms in total. The lowest BCUT2D eigenvalue weighted by Crippen LogP contribution is -1.89. The summed E-state index contributed by atoms with van der Waals surface area (Å²) in [5.41, 5.74) is 0.985. The van der Waals surface area contributed by atoms with Gasteiger partial charge in [-0.2, -0.15) is 0 Å². The van der Waals surface area contributed by atoms with Gasteiger partial charge in [-0.1, -0.05) is 6.07 Å². The lowest BCUT2D eigenvalue weighted by atomic mass is 10.3. The number of hydrogen-bond donors (Lipinski definition) is 1. The van der Waals surface area contributed by atoms with Crippen molar-refractivity contribution >= 4 is 22.2 Å². The molecule has 4 heteroatoms. The number of nitrogens with one attached hydrogen (secondary N) is 1. The summed E-state index contributed by atoms with van der Waals surface area (Å²) in [5.74, 6) is 0.839. The Balaban J connectivity index is 2.17. The van der Waals surface area contributed by atoms with Gasteiger partial charge in [0.05, 0.1) is 7.11 Å². The van der Waals surface area contributed by atoms with Crippen LogP contribution in [0.15, 0.2) is 35.8 Å². The third kappa shape index (κ3) is 2.03. The van der Waals surface area contributed by atoms with E-state index in [4.69, 9.17) is 4.74 Å². The summed E-state index contributed by atoms with van der Waals surface area (Å²) in [6.45, 7) is 0. The standard InChI is InChI=1S/C10H10N2OS/c1-13-9-4-2-3-8(7-9)12-10-11-5-6-14-10/h2-7H,1H3,(H,11,12). The molecular formula is C10H10N2OS. The summed E-state index contributed by atoms with van der Waals surface area (Å²) < 4.78 is 5.12. The van der Waals surface area contributed by atoms with E-state index in [0.717, 1.165) is 16.6 Å². The number of benzene rings is 1. The van der Waals surface area contributed by atoms with Crippen LogP contribution in [0, 0.1) is 0 Å². The van der Waals surface area contributed by atoms with E-state index < -0.39 is 0 Å². The molecule has 1 N–H and O–H groups in total. The quantitative estimate of drug-likeness (QED) is 0.838. The van der Waals surface area contributed by atoms with Gasteiger partial charge in [-0.15, -0.1) is 11.3 Å². The molecule has 0 bridgehead atoms. The summed E-state index contributed by atoms with van der Waals surface area (Å²) in [6.07, 6.45) is 1.77. The Labute approximate surface area is 86.4 Å². The molecule has 1 heterocycles. The molecule has 0 unspecified atom stereocenters. The second kappa shape index (κ2) is 4.11. The summed E-state index contributed by atoms with van der Waals surface area (Å²) in [7, 11) is 1.66. The van der Waals surface area contributed by atoms with E-state index in [-0.39, 0.29) is 0 Å². The van der Waals surface area contributed by atoms with Crippen LogP contribution < -0.4 is 10.1 Å². The fraction of sp³-hybridized carbons (Fsp3) is 0.100. The second-order valence-corrected chi connectivity index (χ2v) is 3.59. The number of ether oxygens (including phenoxy) is 1. The highest BCUT2D eigenvalue weighted by atomic mass is 32.1. The van der Waals surface area contributed by atoms with Gasteiger partial charge in [0.25, 0.3) is 0 Å². The molecule has 72 valence electrons. The SMILES string of the molecule is COc1cccc(Nc2nccs2)c1. The minimum atomic E-state index is 0.839. The molecule has 0 aliphatic carbocycles. The molecular weight excluding hydrogens is 196 g/mol. The third-order valence-corrected chi connectivity index (χ3v) is 2.44. The Morgan fingerprint density at radius 1 is 1.43 bits per heavy atom. The Bertz CT molecular complexity index is 400. The van der Waals surface area contributed by atoms with Crippen molar-refractivity contribution in [1.82, 2.24) is 4.98 Å². The molecule has 2 rings (SSSR count). The lowest BCUT2D eigenvalue weighted by Gasteiger charge is -2.04. The molecule has 1 aromatic heterocycles. The predicted molar refractivity (Wildman–Crippen MR) is 58.4 cm³/mol. The van der Waals surface area contributed by atoms with E-state index >= 15 is 0 Å². The first-order valence-corrected chi connectivity index (χ1v) is 5.07. The maximum Gasteiger partial charge on any atom is 0.187 e. The molecule has 0 fully saturated rings. The van der Waals surface area contributed by atoms with Crippen molar-refractivity contribution in [1.29, 1.82) is 0 Å². The first-order chi connectivity index (χ1) is 6.88. The molecule has 0 amide bonds. The van der Waals surface area contributed by atoms with Crippen LogP contribution >= 0.6 is 11.3 Å². The maximum atomic E-state index is 5.12. The van der Waals surface area contributed by atoms with E-state index in [1.165, 1.54) is 0 Å². The molecule has 0 radical (unpaired) electrons. The number of aromatic nitrogens is 1. The zero-order chi connectivity index (χ0) is 9.80. The van der Waals surface area contributed by atoms with Crippen molar-refractivity contribution in [2.75, 3.05) is 12.4 Å². The largest absolute Gasteiger partial charge is 0.497 e. The molecule has 0 aliphatic rings. The number of hydrogen-bond acceptors (Lipinski definition) is 4. The highest BCUT2D eigenvalue weighted by molar-refractivity contribution is 7.13. The summed E-state index contributed by atoms with van der Waals surface area (Å²) >= 11 is 1.57. The average Bonchev–Trinajstić information content (AvgIpc) is 2.71. The van der Waals surface area contributed by atoms with Crippen LogP contribution in [0.1, 0.15) is 0 Å². The van der Waals surface area contributed by atoms with Crippen LogP contribution in [0.3, 0.4) is 0 Å². The molecule has 1 aromatic carbocycles. The number of thiazole rings is 1. The summed E-state index contributed by atoms with van der Waals surface area (Å²) in [4.78, 5) is 4.13. The number of anilines is 2. The van der Waals surface area contributed by atoms with E-state index in [0.29, 0.717) is 0 Å². The van der Waals surface area contributed by atoms with Gasteiger partial charge in [0.2, 0.25) is 0 Å². The molecule has 14 heavy (non-hydrogen) atoms. The van der Waals surface area contributed by atoms with Gasteiger partial charge in [-0.3, -0.25) is 0 Å². The zero-order valence-electron chi connectivity index (χ0n) is 7.73. The zero-order valence-corrected chi connectivity index (χ0v) is 8.54. The van der Waals surface area contributed by atoms with Crippen molar-refractivity contribution in [2.45, 2.75) is 0 Å². The van der Waals surface area contributed by atoms with Gasteiger partial charge < -0.3 is 10.1 Å². The minimum absolute atomic E-state index is 0.839. The van der Waals surface area contributed by atoms with Crippen LogP contribution in [0.4, 0.5) is 10.8 Å². The number of methoxy groups -OCH3 is 1. The Morgan fingerprint density at radius 3 is 3.07 bits per heavy atom. The smallest absolute Gasteiger partial charge is 0.187 e. The van der Waals surface area contributed by atoms with Crippen LogP contribution in [0.25, 0.3) is 0 Å². The van der Waals surface area contributed by atoms with E-state index in [1.807, 2.05) is 29.6 Å². The van der Waals surface area contributed by atoms with Crippen molar-refractivity contribution in [3.8, 4) is 5.75 Å². The van der Waals surface area contributed by atoms with Crippen LogP contribution in [-0.4, -0.2) is 12.1 Å². The molecule has 0 atom stereocenters. The Morgan fingerprint density at radius 2 is 2.36 bits per heavy atom. The highest BCUT2D eigenvalue weighted by Crippen LogP contribution is 2.22. The van der Waals surface area contributed by atoms with Crippen molar-refractivity contribution < 1.29 is 4.74 Å². The van der Waals surface area contributed by atoms with Crippen LogP contribution in [0.2, 0.25) is 0 Å². The first-order valence-electron chi connectivity index (χ1n) is 4.19. The highest BCUT2D eigenvalue weighted by Gasteiger charge is 1.97. The van der Waals surface area contributed by atoms with E-state index in [2.05, 4.69) is 10.3 Å². The van der Waals surface area contributed by atoms with Crippen molar-refractivity contribution in [3.05, 3.63) is 35.8 Å². The van der Waals surface area contributed by atoms with Gasteiger partial charge in [-0.05, 0) is 12.1 Å². The van der Waals surface area contributed by atoms with Crippen molar-refractivity contribution in [2.24, 2.45) is 0 Å². The van der Waals surface area contributed by atoms with Gasteiger partial charge in [0, 0.05) is 23.3 Å². The predicted octanol–water partition coefficient (Wildman–Crippen LogP) is 2.90. The monoisotopic (exact) mass is 206 g/mol. The fourth-order valence-corrected chi connectivity index (χ4v) is 1.66. The lowest BCUT2D eigenvalue weighted by molar-refractivity contribution is 0.415. The summed E-state index contributed by atoms with van der Waals surface area (Å²) in [5, 5.41) is 6.01. The van der Waals surface area contributed by atoms with Gasteiger partial charge in [0.15, 0.2) is 5.13 Å². The normalized spacial score (nSPS) is 9.79. The Hall–Kier alpha value is -1.55. The van der Waals surface area contributed by atoms with Gasteiger partial charge in [-0.25, -0.2) is 4.98 Å². The number of rotatable bonds is 3. The van der Waals surface area contributed by atoms with E-state index in [9.17, 15) is 0 Å². The Kier molecular flexibility index (Phi) is 2.65. The molecule has 0 saturated heterocycles. The first kappa shape index (κ1) is 9.02. The van der Waals surface area contributed by atoms with Crippen molar-refractivity contribution in [3.63, 3.8) is 0 Å². The molecule has 0 spiro atoms. The molecule has 0 saturated carbocycles. The van der Waals surface area contributed by atoms with Crippen LogP contribution in [-0.2, 0) is 0 Å². The third-order valence-electron chi connectivity index (χ3n) is 1.75. The maximum absolute atomic E-state index is 5.12. The minimum Gasteiger partial charge on any atom is -0.497 e. The van der Waals surface area contributed by atoms with Crippen LogP contribution in [0.5, 0.6) is 5.75 Å². The topological polar surface area (TPSA) is 34.1 Å². The number of nitrogens with zero attached hydrogens (tertiary/aromatic N) is 1. The summed E-state index contributed by atoms with van der Waals surface area (Å²) in [6, 6.07) is 7.76. The molecule has 2 aromatic rings.